The molecule has 0 spiro atoms. The zero-order chi connectivity index (χ0) is 28.6. The van der Waals surface area contributed by atoms with Crippen molar-refractivity contribution >= 4 is 22.9 Å². The zero-order valence-corrected chi connectivity index (χ0v) is 19.6. The Bertz CT molecular complexity index is 1480. The summed E-state index contributed by atoms with van der Waals surface area (Å²) >= 11 is 0. The van der Waals surface area contributed by atoms with Gasteiger partial charge >= 0.3 is 11.9 Å². The topological polar surface area (TPSA) is 254 Å². The predicted molar refractivity (Wildman–Crippen MR) is 125 cm³/mol. The molecule has 0 saturated carbocycles. The average molecular weight is 550 g/mol. The summed E-state index contributed by atoms with van der Waals surface area (Å²) in [5, 5.41) is 77.7. The Morgan fingerprint density at radius 3 is 2.26 bits per heavy atom. The number of aromatic hydroxyl groups is 4. The minimum Gasteiger partial charge on any atom is -0.508 e. The second-order valence-corrected chi connectivity index (χ2v) is 8.47. The van der Waals surface area contributed by atoms with E-state index in [0.29, 0.717) is 0 Å². The number of carbonyl (C=O) groups is 2. The van der Waals surface area contributed by atoms with Crippen LogP contribution in [0, 0.1) is 0 Å². The average Bonchev–Trinajstić information content (AvgIpc) is 2.87. The van der Waals surface area contributed by atoms with Gasteiger partial charge in [0.15, 0.2) is 17.3 Å². The molecule has 1 aliphatic rings. The van der Waals surface area contributed by atoms with E-state index in [-0.39, 0.29) is 11.1 Å². The fourth-order valence-electron chi connectivity index (χ4n) is 3.82. The summed E-state index contributed by atoms with van der Waals surface area (Å²) in [6, 6.07) is 5.01. The maximum atomic E-state index is 13.2. The van der Waals surface area contributed by atoms with Gasteiger partial charge in [0.25, 0.3) is 0 Å². The summed E-state index contributed by atoms with van der Waals surface area (Å²) in [5.74, 6) is -6.41. The highest BCUT2D eigenvalue weighted by Gasteiger charge is 2.45. The molecular weight excluding hydrogens is 528 g/mol. The van der Waals surface area contributed by atoms with E-state index in [2.05, 4.69) is 0 Å². The van der Waals surface area contributed by atoms with Crippen LogP contribution in [0.15, 0.2) is 39.5 Å². The molecule has 208 valence electrons. The van der Waals surface area contributed by atoms with E-state index in [9.17, 15) is 55.2 Å². The van der Waals surface area contributed by atoms with Crippen molar-refractivity contribution in [3.8, 4) is 40.1 Å². The van der Waals surface area contributed by atoms with E-state index in [4.69, 9.17) is 18.6 Å². The molecule has 0 radical (unpaired) electrons. The van der Waals surface area contributed by atoms with E-state index in [1.807, 2.05) is 0 Å². The van der Waals surface area contributed by atoms with Crippen LogP contribution in [0.25, 0.3) is 22.3 Å². The predicted octanol–water partition coefficient (Wildman–Crippen LogP) is -1.08. The van der Waals surface area contributed by atoms with Crippen molar-refractivity contribution in [2.45, 2.75) is 37.1 Å². The number of hydrogen-bond donors (Lipinski definition) is 8. The molecule has 1 fully saturated rings. The van der Waals surface area contributed by atoms with Gasteiger partial charge in [-0.2, -0.15) is 0 Å². The summed E-state index contributed by atoms with van der Waals surface area (Å²) < 4.78 is 20.5. The van der Waals surface area contributed by atoms with Crippen LogP contribution in [0.3, 0.4) is 0 Å². The molecule has 2 aromatic carbocycles. The number of hydrogen-bond acceptors (Lipinski definition) is 15. The first-order valence-corrected chi connectivity index (χ1v) is 11.2. The van der Waals surface area contributed by atoms with Gasteiger partial charge < -0.3 is 59.5 Å². The van der Waals surface area contributed by atoms with Gasteiger partial charge in [-0.15, -0.1) is 0 Å². The molecule has 2 heterocycles. The fraction of sp³-hybridized carbons (Fsp3) is 0.292. The number of phenols is 4. The van der Waals surface area contributed by atoms with Gasteiger partial charge in [0.1, 0.15) is 53.3 Å². The summed E-state index contributed by atoms with van der Waals surface area (Å²) in [7, 11) is 0. The Kier molecular flexibility index (Phi) is 7.62. The van der Waals surface area contributed by atoms with Crippen LogP contribution < -0.4 is 10.2 Å². The van der Waals surface area contributed by atoms with E-state index < -0.39 is 101 Å². The van der Waals surface area contributed by atoms with Crippen LogP contribution >= 0.6 is 0 Å². The van der Waals surface area contributed by atoms with Gasteiger partial charge in [0.2, 0.25) is 17.5 Å². The number of phenolic OH excluding ortho intramolecular Hbond substituents is 4. The Balaban J connectivity index is 1.63. The van der Waals surface area contributed by atoms with Gasteiger partial charge in [-0.05, 0) is 18.2 Å². The highest BCUT2D eigenvalue weighted by Crippen LogP contribution is 2.38. The molecule has 8 N–H and O–H groups in total. The third-order valence-electron chi connectivity index (χ3n) is 5.76. The number of benzene rings is 2. The molecule has 39 heavy (non-hydrogen) atoms. The van der Waals surface area contributed by atoms with Gasteiger partial charge in [0, 0.05) is 17.7 Å². The minimum absolute atomic E-state index is 0.0844. The van der Waals surface area contributed by atoms with E-state index >= 15 is 0 Å². The summed E-state index contributed by atoms with van der Waals surface area (Å²) in [5.41, 5.74) is -1.52. The number of ether oxygens (including phenoxy) is 3. The fourth-order valence-corrected chi connectivity index (χ4v) is 3.82. The molecule has 3 aromatic rings. The summed E-state index contributed by atoms with van der Waals surface area (Å²) in [4.78, 5) is 38.1. The van der Waals surface area contributed by atoms with Crippen molar-refractivity contribution < 1.29 is 69.1 Å². The number of fused-ring (bicyclic) bond motifs is 1. The number of aliphatic hydroxyl groups excluding tert-OH is 4. The van der Waals surface area contributed by atoms with Crippen molar-refractivity contribution in [2.24, 2.45) is 0 Å². The van der Waals surface area contributed by atoms with Crippen LogP contribution in [0.4, 0.5) is 0 Å². The van der Waals surface area contributed by atoms with E-state index in [1.54, 1.807) is 0 Å². The number of carbonyl (C=O) groups excluding carboxylic acids is 2. The Hall–Kier alpha value is -4.41. The van der Waals surface area contributed by atoms with Crippen molar-refractivity contribution in [3.63, 3.8) is 0 Å². The standard InChI is InChI=1S/C24H22O15/c25-7-14-18(32)20(34)21(35)24(37-14)39-16(31)6-15(30)38-23-19(33)17-12(29)4-9(26)5-13(17)36-22(23)8-1-2-10(27)11(28)3-8/h1-5,14,18,20-21,24-29,32,34-35H,6-7H2/t14-,18-,20+,21-,24+/m1/s1. The molecule has 0 amide bonds. The van der Waals surface area contributed by atoms with Gasteiger partial charge in [-0.3, -0.25) is 14.4 Å². The van der Waals surface area contributed by atoms with Gasteiger partial charge in [-0.25, -0.2) is 0 Å². The van der Waals surface area contributed by atoms with Crippen molar-refractivity contribution in [1.82, 2.24) is 0 Å². The quantitative estimate of drug-likeness (QED) is 0.103. The van der Waals surface area contributed by atoms with Crippen molar-refractivity contribution in [1.29, 1.82) is 0 Å². The summed E-state index contributed by atoms with van der Waals surface area (Å²) in [6.45, 7) is -0.793. The lowest BCUT2D eigenvalue weighted by Crippen LogP contribution is -2.59. The normalized spacial score (nSPS) is 22.9. The molecular formula is C24H22O15. The number of esters is 2. The van der Waals surface area contributed by atoms with Gasteiger partial charge in [-0.1, -0.05) is 0 Å². The maximum absolute atomic E-state index is 13.2. The largest absolute Gasteiger partial charge is 0.508 e. The van der Waals surface area contributed by atoms with E-state index in [1.165, 1.54) is 6.07 Å². The molecule has 0 unspecified atom stereocenters. The third kappa shape index (κ3) is 5.43. The molecule has 0 aliphatic carbocycles. The molecule has 0 bridgehead atoms. The second kappa shape index (κ2) is 10.8. The number of rotatable bonds is 6. The Labute approximate surface area is 216 Å². The molecule has 1 aliphatic heterocycles. The first-order valence-electron chi connectivity index (χ1n) is 11.2. The monoisotopic (exact) mass is 550 g/mol. The molecule has 15 nitrogen and oxygen atoms in total. The lowest BCUT2D eigenvalue weighted by atomic mass is 9.99. The van der Waals surface area contributed by atoms with Crippen molar-refractivity contribution in [2.75, 3.05) is 6.61 Å². The third-order valence-corrected chi connectivity index (χ3v) is 5.76. The minimum atomic E-state index is -1.93. The Morgan fingerprint density at radius 1 is 0.872 bits per heavy atom. The SMILES string of the molecule is O=C(CC(=O)O[C@@H]1O[C@H](CO)[C@@H](O)[C@H](O)[C@H]1O)Oc1c(-c2ccc(O)c(O)c2)oc2cc(O)cc(O)c2c1=O. The smallest absolute Gasteiger partial charge is 0.322 e. The lowest BCUT2D eigenvalue weighted by molar-refractivity contribution is -0.292. The Morgan fingerprint density at radius 2 is 1.59 bits per heavy atom. The molecule has 4 rings (SSSR count). The van der Waals surface area contributed by atoms with Crippen molar-refractivity contribution in [3.05, 3.63) is 40.6 Å². The summed E-state index contributed by atoms with van der Waals surface area (Å²) in [6.07, 6.45) is -9.91. The lowest BCUT2D eigenvalue weighted by Gasteiger charge is -2.39. The second-order valence-electron chi connectivity index (χ2n) is 8.47. The molecule has 1 aromatic heterocycles. The highest BCUT2D eigenvalue weighted by atomic mass is 16.7. The van der Waals surface area contributed by atoms with E-state index in [0.717, 1.165) is 24.3 Å². The first kappa shape index (κ1) is 27.6. The molecule has 5 atom stereocenters. The zero-order valence-electron chi connectivity index (χ0n) is 19.6. The van der Waals surface area contributed by atoms with Crippen LogP contribution in [-0.4, -0.2) is 90.1 Å². The van der Waals surface area contributed by atoms with Gasteiger partial charge in [0.05, 0.1) is 6.61 Å². The molecule has 15 heteroatoms. The first-order chi connectivity index (χ1) is 18.4. The number of aliphatic hydroxyl groups is 4. The van der Waals surface area contributed by atoms with Crippen LogP contribution in [0.2, 0.25) is 0 Å². The van der Waals surface area contributed by atoms with Crippen LogP contribution in [-0.2, 0) is 19.1 Å². The van der Waals surface area contributed by atoms with Crippen LogP contribution in [0.5, 0.6) is 28.7 Å². The molecule has 1 saturated heterocycles. The highest BCUT2D eigenvalue weighted by molar-refractivity contribution is 5.94. The van der Waals surface area contributed by atoms with Crippen LogP contribution in [0.1, 0.15) is 6.42 Å². The maximum Gasteiger partial charge on any atom is 0.322 e.